The van der Waals surface area contributed by atoms with Gasteiger partial charge >= 0.3 is 5.56 Å². The van der Waals surface area contributed by atoms with Crippen molar-refractivity contribution in [3.05, 3.63) is 74.5 Å². The lowest BCUT2D eigenvalue weighted by Gasteiger charge is -2.11. The van der Waals surface area contributed by atoms with Crippen molar-refractivity contribution in [3.8, 4) is 0 Å². The number of nitrogen functional groups attached to an aromatic ring is 1. The zero-order valence-electron chi connectivity index (χ0n) is 14.4. The van der Waals surface area contributed by atoms with Crippen LogP contribution >= 0.6 is 23.4 Å². The van der Waals surface area contributed by atoms with Crippen molar-refractivity contribution in [2.45, 2.75) is 24.8 Å². The van der Waals surface area contributed by atoms with Crippen molar-refractivity contribution in [3.63, 3.8) is 0 Å². The number of aromatic nitrogens is 3. The van der Waals surface area contributed by atoms with E-state index >= 15 is 0 Å². The molecule has 0 aliphatic heterocycles. The first kappa shape index (κ1) is 18.3. The van der Waals surface area contributed by atoms with Crippen molar-refractivity contribution in [2.24, 2.45) is 0 Å². The minimum atomic E-state index is -0.442. The van der Waals surface area contributed by atoms with Crippen molar-refractivity contribution in [2.75, 3.05) is 11.2 Å². The molecule has 0 saturated heterocycles. The van der Waals surface area contributed by atoms with Crippen LogP contribution in [-0.4, -0.2) is 14.9 Å². The molecular formula is C18H18ClN5OS. The Morgan fingerprint density at radius 1 is 1.19 bits per heavy atom. The number of nitrogens with two attached hydrogens (primary N) is 1. The molecule has 2 aromatic carbocycles. The van der Waals surface area contributed by atoms with E-state index in [2.05, 4.69) is 15.5 Å². The van der Waals surface area contributed by atoms with Gasteiger partial charge in [-0.25, -0.2) is 0 Å². The summed E-state index contributed by atoms with van der Waals surface area (Å²) < 4.78 is 1.00. The molecule has 3 N–H and O–H groups in total. The van der Waals surface area contributed by atoms with Crippen molar-refractivity contribution in [1.82, 2.24) is 14.9 Å². The summed E-state index contributed by atoms with van der Waals surface area (Å²) in [5.41, 5.74) is 3.37. The predicted molar refractivity (Wildman–Crippen MR) is 107 cm³/mol. The fourth-order valence-electron chi connectivity index (χ4n) is 2.32. The van der Waals surface area contributed by atoms with Crippen LogP contribution in [0.3, 0.4) is 0 Å². The molecule has 0 radical (unpaired) electrons. The summed E-state index contributed by atoms with van der Waals surface area (Å²) in [6.45, 7) is 3.93. The molecule has 6 nitrogen and oxygen atoms in total. The fourth-order valence-corrected chi connectivity index (χ4v) is 3.46. The molecule has 0 bridgehead atoms. The van der Waals surface area contributed by atoms with Gasteiger partial charge in [-0.2, -0.15) is 4.68 Å². The Bertz CT molecular complexity index is 1010. The first-order valence-electron chi connectivity index (χ1n) is 7.91. The van der Waals surface area contributed by atoms with Gasteiger partial charge in [0.1, 0.15) is 0 Å². The van der Waals surface area contributed by atoms with Crippen LogP contribution in [0.25, 0.3) is 0 Å². The number of benzene rings is 2. The second-order valence-corrected chi connectivity index (χ2v) is 7.18. The average Bonchev–Trinajstić information content (AvgIpc) is 2.62. The third-order valence-electron chi connectivity index (χ3n) is 3.82. The zero-order chi connectivity index (χ0) is 18.7. The van der Waals surface area contributed by atoms with Crippen LogP contribution in [-0.2, 0) is 5.75 Å². The molecule has 134 valence electrons. The second kappa shape index (κ2) is 7.80. The number of rotatable bonds is 5. The van der Waals surface area contributed by atoms with Gasteiger partial charge in [0.2, 0.25) is 11.0 Å². The second-order valence-electron chi connectivity index (χ2n) is 5.83. The molecule has 0 fully saturated rings. The summed E-state index contributed by atoms with van der Waals surface area (Å²) in [4.78, 5) is 12.5. The highest BCUT2D eigenvalue weighted by Gasteiger charge is 2.12. The molecule has 26 heavy (non-hydrogen) atoms. The summed E-state index contributed by atoms with van der Waals surface area (Å²) in [7, 11) is 0. The normalized spacial score (nSPS) is 10.7. The van der Waals surface area contributed by atoms with E-state index in [0.717, 1.165) is 27.1 Å². The van der Waals surface area contributed by atoms with Gasteiger partial charge < -0.3 is 11.2 Å². The third-order valence-corrected chi connectivity index (χ3v) is 5.18. The van der Waals surface area contributed by atoms with Crippen LogP contribution < -0.4 is 16.7 Å². The highest BCUT2D eigenvalue weighted by Crippen LogP contribution is 2.24. The Kier molecular flexibility index (Phi) is 5.49. The molecule has 3 rings (SSSR count). The van der Waals surface area contributed by atoms with E-state index in [1.165, 1.54) is 11.8 Å². The van der Waals surface area contributed by atoms with Gasteiger partial charge in [0.15, 0.2) is 0 Å². The Hall–Kier alpha value is -2.51. The molecule has 3 aromatic rings. The maximum Gasteiger partial charge on any atom is 0.315 e. The number of thioether (sulfide) groups is 1. The highest BCUT2D eigenvalue weighted by atomic mass is 35.5. The van der Waals surface area contributed by atoms with Gasteiger partial charge in [-0.05, 0) is 42.7 Å². The van der Waals surface area contributed by atoms with Gasteiger partial charge in [-0.1, -0.05) is 53.7 Å². The maximum absolute atomic E-state index is 12.5. The molecule has 0 aliphatic rings. The molecule has 0 unspecified atom stereocenters. The van der Waals surface area contributed by atoms with E-state index < -0.39 is 5.56 Å². The predicted octanol–water partition coefficient (Wildman–Crippen LogP) is 3.66. The number of hydrogen-bond donors (Lipinski definition) is 2. The minimum absolute atomic E-state index is 0.0864. The smallest absolute Gasteiger partial charge is 0.315 e. The average molecular weight is 388 g/mol. The maximum atomic E-state index is 12.5. The summed E-state index contributed by atoms with van der Waals surface area (Å²) in [5, 5.41) is 12.1. The first-order valence-corrected chi connectivity index (χ1v) is 9.27. The molecule has 0 amide bonds. The number of aryl methyl sites for hydroxylation is 2. The van der Waals surface area contributed by atoms with Crippen LogP contribution in [0, 0.1) is 13.8 Å². The largest absolute Gasteiger partial charge is 0.334 e. The fraction of sp³-hybridized carbons (Fsp3) is 0.167. The van der Waals surface area contributed by atoms with Crippen LogP contribution in [0.15, 0.2) is 52.4 Å². The zero-order valence-corrected chi connectivity index (χ0v) is 15.9. The lowest BCUT2D eigenvalue weighted by atomic mass is 10.1. The van der Waals surface area contributed by atoms with Gasteiger partial charge in [0, 0.05) is 16.5 Å². The summed E-state index contributed by atoms with van der Waals surface area (Å²) in [6, 6.07) is 13.4. The lowest BCUT2D eigenvalue weighted by Crippen LogP contribution is -2.32. The molecule has 1 heterocycles. The molecule has 0 spiro atoms. The van der Waals surface area contributed by atoms with Gasteiger partial charge in [-0.15, -0.1) is 10.2 Å². The van der Waals surface area contributed by atoms with Crippen LogP contribution in [0.1, 0.15) is 16.7 Å². The van der Waals surface area contributed by atoms with Crippen LogP contribution in [0.2, 0.25) is 5.02 Å². The lowest BCUT2D eigenvalue weighted by molar-refractivity contribution is 0.705. The topological polar surface area (TPSA) is 85.8 Å². The van der Waals surface area contributed by atoms with Gasteiger partial charge in [0.25, 0.3) is 0 Å². The van der Waals surface area contributed by atoms with Crippen molar-refractivity contribution in [1.29, 1.82) is 0 Å². The Balaban J connectivity index is 1.81. The van der Waals surface area contributed by atoms with E-state index in [4.69, 9.17) is 17.4 Å². The number of nitrogens with one attached hydrogen (secondary N) is 1. The van der Waals surface area contributed by atoms with Crippen LogP contribution in [0.4, 0.5) is 11.5 Å². The SMILES string of the molecule is Cc1ccc(C)c(Nc2nnc(SCc3ccccc3Cl)n(N)c2=O)c1. The quantitative estimate of drug-likeness (QED) is 0.513. The van der Waals surface area contributed by atoms with E-state index in [1.54, 1.807) is 0 Å². The van der Waals surface area contributed by atoms with E-state index in [9.17, 15) is 4.79 Å². The molecule has 0 atom stereocenters. The molecule has 0 saturated carbocycles. The number of hydrogen-bond acceptors (Lipinski definition) is 6. The first-order chi connectivity index (χ1) is 12.5. The number of nitrogens with zero attached hydrogens (tertiary/aromatic N) is 3. The monoisotopic (exact) mass is 387 g/mol. The third kappa shape index (κ3) is 4.00. The molecule has 0 aliphatic carbocycles. The molecule has 8 heteroatoms. The summed E-state index contributed by atoms with van der Waals surface area (Å²) in [5.74, 6) is 6.54. The van der Waals surface area contributed by atoms with Crippen molar-refractivity contribution < 1.29 is 0 Å². The Morgan fingerprint density at radius 2 is 1.96 bits per heavy atom. The summed E-state index contributed by atoms with van der Waals surface area (Å²) in [6.07, 6.45) is 0. The summed E-state index contributed by atoms with van der Waals surface area (Å²) >= 11 is 7.45. The van der Waals surface area contributed by atoms with Gasteiger partial charge in [-0.3, -0.25) is 4.79 Å². The highest BCUT2D eigenvalue weighted by molar-refractivity contribution is 7.98. The number of anilines is 2. The number of halogens is 1. The molecule has 1 aromatic heterocycles. The minimum Gasteiger partial charge on any atom is -0.334 e. The van der Waals surface area contributed by atoms with E-state index in [1.807, 2.05) is 56.3 Å². The van der Waals surface area contributed by atoms with Gasteiger partial charge in [0.05, 0.1) is 0 Å². The van der Waals surface area contributed by atoms with Crippen LogP contribution in [0.5, 0.6) is 0 Å². The van der Waals surface area contributed by atoms with Crippen molar-refractivity contribution >= 4 is 34.9 Å². The standard InChI is InChI=1S/C18H18ClN5OS/c1-11-7-8-12(2)15(9-11)21-16-17(25)24(20)18(23-22-16)26-10-13-5-3-4-6-14(13)19/h3-9H,10,20H2,1-2H3,(H,21,22). The molecular weight excluding hydrogens is 370 g/mol. The Morgan fingerprint density at radius 3 is 2.73 bits per heavy atom. The van der Waals surface area contributed by atoms with E-state index in [0.29, 0.717) is 15.9 Å². The van der Waals surface area contributed by atoms with E-state index in [-0.39, 0.29) is 5.82 Å². The Labute approximate surface area is 160 Å².